The van der Waals surface area contributed by atoms with Crippen LogP contribution in [0.1, 0.15) is 45.0 Å². The third-order valence-corrected chi connectivity index (χ3v) is 3.08. The molecule has 0 atom stereocenters. The predicted molar refractivity (Wildman–Crippen MR) is 84.3 cm³/mol. The molecule has 116 valence electrons. The second kappa shape index (κ2) is 6.59. The van der Waals surface area contributed by atoms with E-state index in [9.17, 15) is 4.79 Å². The van der Waals surface area contributed by atoms with Crippen molar-refractivity contribution in [2.45, 2.75) is 40.2 Å². The molecule has 5 nitrogen and oxygen atoms in total. The van der Waals surface area contributed by atoms with E-state index in [1.54, 1.807) is 24.3 Å². The van der Waals surface area contributed by atoms with Gasteiger partial charge in [-0.05, 0) is 32.7 Å². The van der Waals surface area contributed by atoms with E-state index in [1.807, 2.05) is 4.68 Å². The first-order valence-corrected chi connectivity index (χ1v) is 6.57. The van der Waals surface area contributed by atoms with Gasteiger partial charge in [0.15, 0.2) is 0 Å². The molecule has 1 heterocycles. The lowest BCUT2D eigenvalue weighted by Crippen LogP contribution is -2.39. The van der Waals surface area contributed by atoms with Crippen LogP contribution in [0.15, 0.2) is 12.4 Å². The fraction of sp³-hybridized carbons (Fsp3) is 0.714. The topological polar surface area (TPSA) is 64.2 Å². The van der Waals surface area contributed by atoms with Crippen LogP contribution in [0.4, 0.5) is 0 Å². The average molecular weight is 303 g/mol. The van der Waals surface area contributed by atoms with Crippen LogP contribution in [0.5, 0.6) is 0 Å². The molecule has 2 N–H and O–H groups in total. The lowest BCUT2D eigenvalue weighted by Gasteiger charge is -2.28. The van der Waals surface area contributed by atoms with Crippen molar-refractivity contribution < 1.29 is 4.79 Å². The first kappa shape index (κ1) is 18.9. The van der Waals surface area contributed by atoms with Gasteiger partial charge in [-0.25, -0.2) is 0 Å². The van der Waals surface area contributed by atoms with Gasteiger partial charge < -0.3 is 10.6 Å². The Morgan fingerprint density at radius 1 is 1.35 bits per heavy atom. The van der Waals surface area contributed by atoms with Crippen molar-refractivity contribution in [2.24, 2.45) is 11.1 Å². The van der Waals surface area contributed by atoms with Gasteiger partial charge in [0, 0.05) is 19.8 Å². The Morgan fingerprint density at radius 3 is 2.30 bits per heavy atom. The Morgan fingerprint density at radius 2 is 1.90 bits per heavy atom. The van der Waals surface area contributed by atoms with E-state index in [-0.39, 0.29) is 29.3 Å². The minimum atomic E-state index is -0.117. The van der Waals surface area contributed by atoms with Gasteiger partial charge in [-0.2, -0.15) is 5.10 Å². The number of halogens is 1. The molecule has 6 heteroatoms. The molecule has 20 heavy (non-hydrogen) atoms. The normalized spacial score (nSPS) is 11.9. The van der Waals surface area contributed by atoms with Crippen molar-refractivity contribution in [3.8, 4) is 0 Å². The van der Waals surface area contributed by atoms with Crippen molar-refractivity contribution in [3.63, 3.8) is 0 Å². The zero-order chi connectivity index (χ0) is 14.8. The minimum absolute atomic E-state index is 0. The number of hydrogen-bond donors (Lipinski definition) is 1. The third kappa shape index (κ3) is 4.80. The summed E-state index contributed by atoms with van der Waals surface area (Å²) in [5.74, 6) is -0.0166. The van der Waals surface area contributed by atoms with Gasteiger partial charge in [0.1, 0.15) is 0 Å². The van der Waals surface area contributed by atoms with Crippen molar-refractivity contribution in [1.29, 1.82) is 0 Å². The maximum absolute atomic E-state index is 12.3. The van der Waals surface area contributed by atoms with Gasteiger partial charge in [-0.1, -0.05) is 13.8 Å². The standard InChI is InChI=1S/C14H26N4O.ClH/c1-13(2,3)18-8-11(7-16-18)12(19)17(6)10-14(4,5)9-15;/h7-8H,9-10,15H2,1-6H3;1H. The lowest BCUT2D eigenvalue weighted by atomic mass is 9.93. The molecule has 0 saturated heterocycles. The summed E-state index contributed by atoms with van der Waals surface area (Å²) >= 11 is 0. The van der Waals surface area contributed by atoms with E-state index in [0.29, 0.717) is 18.7 Å². The monoisotopic (exact) mass is 302 g/mol. The number of hydrogen-bond acceptors (Lipinski definition) is 3. The molecule has 0 aromatic carbocycles. The van der Waals surface area contributed by atoms with Gasteiger partial charge >= 0.3 is 0 Å². The molecule has 1 amide bonds. The van der Waals surface area contributed by atoms with Crippen LogP contribution < -0.4 is 5.73 Å². The van der Waals surface area contributed by atoms with E-state index < -0.39 is 0 Å². The molecule has 0 aliphatic rings. The van der Waals surface area contributed by atoms with E-state index in [2.05, 4.69) is 39.7 Å². The summed E-state index contributed by atoms with van der Waals surface area (Å²) in [7, 11) is 1.80. The van der Waals surface area contributed by atoms with Crippen molar-refractivity contribution in [3.05, 3.63) is 18.0 Å². The quantitative estimate of drug-likeness (QED) is 0.926. The first-order chi connectivity index (χ1) is 8.57. The molecule has 0 aliphatic carbocycles. The molecule has 1 rings (SSSR count). The van der Waals surface area contributed by atoms with Crippen LogP contribution in [0.2, 0.25) is 0 Å². The highest BCUT2D eigenvalue weighted by molar-refractivity contribution is 5.93. The SMILES string of the molecule is CN(CC(C)(C)CN)C(=O)c1cnn(C(C)(C)C)c1.Cl. The molecule has 1 aromatic heterocycles. The van der Waals surface area contributed by atoms with Crippen molar-refractivity contribution in [1.82, 2.24) is 14.7 Å². The molecule has 0 unspecified atom stereocenters. The van der Waals surface area contributed by atoms with Gasteiger partial charge in [-0.3, -0.25) is 9.48 Å². The Bertz CT molecular complexity index is 448. The molecular formula is C14H27ClN4O. The van der Waals surface area contributed by atoms with Crippen LogP contribution >= 0.6 is 12.4 Å². The number of amides is 1. The number of rotatable bonds is 4. The zero-order valence-corrected chi connectivity index (χ0v) is 14.1. The fourth-order valence-corrected chi connectivity index (χ4v) is 1.80. The Kier molecular flexibility index (Phi) is 6.24. The largest absolute Gasteiger partial charge is 0.341 e. The Labute approximate surface area is 127 Å². The molecule has 0 radical (unpaired) electrons. The van der Waals surface area contributed by atoms with Gasteiger partial charge in [-0.15, -0.1) is 12.4 Å². The van der Waals surface area contributed by atoms with Crippen LogP contribution in [0, 0.1) is 5.41 Å². The number of nitrogens with zero attached hydrogens (tertiary/aromatic N) is 3. The molecule has 0 bridgehead atoms. The highest BCUT2D eigenvalue weighted by atomic mass is 35.5. The highest BCUT2D eigenvalue weighted by Crippen LogP contribution is 2.17. The van der Waals surface area contributed by atoms with Crippen molar-refractivity contribution in [2.75, 3.05) is 20.1 Å². The summed E-state index contributed by atoms with van der Waals surface area (Å²) in [6, 6.07) is 0. The summed E-state index contributed by atoms with van der Waals surface area (Å²) < 4.78 is 1.81. The number of aromatic nitrogens is 2. The highest BCUT2D eigenvalue weighted by Gasteiger charge is 2.23. The van der Waals surface area contributed by atoms with E-state index in [1.165, 1.54) is 0 Å². The van der Waals surface area contributed by atoms with Crippen LogP contribution in [-0.2, 0) is 5.54 Å². The molecule has 0 aliphatic heterocycles. The molecule has 0 fully saturated rings. The maximum Gasteiger partial charge on any atom is 0.256 e. The van der Waals surface area contributed by atoms with E-state index in [4.69, 9.17) is 5.73 Å². The van der Waals surface area contributed by atoms with Crippen molar-refractivity contribution >= 4 is 18.3 Å². The minimum Gasteiger partial charge on any atom is -0.341 e. The number of nitrogens with two attached hydrogens (primary N) is 1. The van der Waals surface area contributed by atoms with Gasteiger partial charge in [0.25, 0.3) is 5.91 Å². The summed E-state index contributed by atoms with van der Waals surface area (Å²) in [6.07, 6.45) is 3.42. The predicted octanol–water partition coefficient (Wildman–Crippen LogP) is 2.12. The fourth-order valence-electron chi connectivity index (χ4n) is 1.80. The Balaban J connectivity index is 0.00000361. The average Bonchev–Trinajstić information content (AvgIpc) is 2.76. The van der Waals surface area contributed by atoms with Crippen LogP contribution in [-0.4, -0.2) is 40.7 Å². The van der Waals surface area contributed by atoms with E-state index in [0.717, 1.165) is 0 Å². The second-order valence-corrected chi connectivity index (χ2v) is 6.87. The van der Waals surface area contributed by atoms with E-state index >= 15 is 0 Å². The molecular weight excluding hydrogens is 276 g/mol. The van der Waals surface area contributed by atoms with Crippen LogP contribution in [0.25, 0.3) is 0 Å². The molecule has 0 saturated carbocycles. The third-order valence-electron chi connectivity index (χ3n) is 3.08. The number of carbonyl (C=O) groups is 1. The van der Waals surface area contributed by atoms with Gasteiger partial charge in [0.2, 0.25) is 0 Å². The second-order valence-electron chi connectivity index (χ2n) is 6.87. The first-order valence-electron chi connectivity index (χ1n) is 6.57. The summed E-state index contributed by atoms with van der Waals surface area (Å²) in [6.45, 7) is 11.4. The Hall–Kier alpha value is -1.07. The van der Waals surface area contributed by atoms with Gasteiger partial charge in [0.05, 0.1) is 17.3 Å². The number of carbonyl (C=O) groups excluding carboxylic acids is 1. The zero-order valence-electron chi connectivity index (χ0n) is 13.3. The summed E-state index contributed by atoms with van der Waals surface area (Å²) in [4.78, 5) is 14.0. The molecule has 0 spiro atoms. The molecule has 1 aromatic rings. The maximum atomic E-state index is 12.3. The lowest BCUT2D eigenvalue weighted by molar-refractivity contribution is 0.0740. The summed E-state index contributed by atoms with van der Waals surface area (Å²) in [5, 5.41) is 4.25. The smallest absolute Gasteiger partial charge is 0.256 e. The van der Waals surface area contributed by atoms with Crippen LogP contribution in [0.3, 0.4) is 0 Å². The summed E-state index contributed by atoms with van der Waals surface area (Å²) in [5.41, 5.74) is 6.12.